The van der Waals surface area contributed by atoms with Gasteiger partial charge in [-0.05, 0) is 67.9 Å². The SMILES string of the molecule is Cc1ccc(C(=O)NCC(=O)N/N=C/c2ccc(OC(=O)c3ccc(C)cc3)cc2)cc1. The molecule has 0 radical (unpaired) electrons. The molecular formula is C25H23N3O4. The fourth-order valence-corrected chi connectivity index (χ4v) is 2.66. The van der Waals surface area contributed by atoms with Gasteiger partial charge in [0, 0.05) is 5.56 Å². The lowest BCUT2D eigenvalue weighted by Gasteiger charge is -2.05. The number of carbonyl (C=O) groups is 3. The maximum atomic E-state index is 12.1. The average molecular weight is 429 g/mol. The second-order valence-corrected chi connectivity index (χ2v) is 7.17. The number of amides is 2. The van der Waals surface area contributed by atoms with Gasteiger partial charge in [-0.25, -0.2) is 10.2 Å². The number of hydrogen-bond acceptors (Lipinski definition) is 5. The maximum Gasteiger partial charge on any atom is 0.343 e. The Morgan fingerprint density at radius 3 is 1.97 bits per heavy atom. The molecule has 0 aliphatic rings. The molecule has 0 aliphatic heterocycles. The van der Waals surface area contributed by atoms with Gasteiger partial charge in [-0.3, -0.25) is 9.59 Å². The van der Waals surface area contributed by atoms with Crippen molar-refractivity contribution in [2.45, 2.75) is 13.8 Å². The molecule has 32 heavy (non-hydrogen) atoms. The van der Waals surface area contributed by atoms with Gasteiger partial charge in [-0.15, -0.1) is 0 Å². The summed E-state index contributed by atoms with van der Waals surface area (Å²) in [5.74, 6) is -0.827. The summed E-state index contributed by atoms with van der Waals surface area (Å²) in [5, 5.41) is 6.40. The van der Waals surface area contributed by atoms with Gasteiger partial charge in [0.2, 0.25) is 0 Å². The lowest BCUT2D eigenvalue weighted by Crippen LogP contribution is -2.34. The van der Waals surface area contributed by atoms with Crippen molar-refractivity contribution in [3.63, 3.8) is 0 Å². The number of esters is 1. The summed E-state index contributed by atoms with van der Waals surface area (Å²) < 4.78 is 5.34. The predicted molar refractivity (Wildman–Crippen MR) is 122 cm³/mol. The number of nitrogens with one attached hydrogen (secondary N) is 2. The van der Waals surface area contributed by atoms with Crippen molar-refractivity contribution < 1.29 is 19.1 Å². The molecule has 0 atom stereocenters. The Labute approximate surface area is 186 Å². The lowest BCUT2D eigenvalue weighted by molar-refractivity contribution is -0.120. The van der Waals surface area contributed by atoms with E-state index >= 15 is 0 Å². The lowest BCUT2D eigenvalue weighted by atomic mass is 10.1. The van der Waals surface area contributed by atoms with Crippen LogP contribution in [0, 0.1) is 13.8 Å². The molecule has 3 rings (SSSR count). The highest BCUT2D eigenvalue weighted by Gasteiger charge is 2.09. The second-order valence-electron chi connectivity index (χ2n) is 7.17. The number of hydrazone groups is 1. The standard InChI is InChI=1S/C25H23N3O4/c1-17-3-9-20(10-4-17)24(30)26-16-23(29)28-27-15-19-7-13-22(14-8-19)32-25(31)21-11-5-18(2)6-12-21/h3-15H,16H2,1-2H3,(H,26,30)(H,28,29)/b27-15+. The molecule has 0 saturated carbocycles. The van der Waals surface area contributed by atoms with Gasteiger partial charge in [-0.1, -0.05) is 35.4 Å². The first kappa shape index (κ1) is 22.4. The fourth-order valence-electron chi connectivity index (χ4n) is 2.66. The van der Waals surface area contributed by atoms with E-state index in [2.05, 4.69) is 15.8 Å². The Bertz CT molecular complexity index is 1120. The Hall–Kier alpha value is -4.26. The summed E-state index contributed by atoms with van der Waals surface area (Å²) in [7, 11) is 0. The van der Waals surface area contributed by atoms with Crippen molar-refractivity contribution in [2.75, 3.05) is 6.54 Å². The minimum Gasteiger partial charge on any atom is -0.423 e. The fraction of sp³-hybridized carbons (Fsp3) is 0.120. The van der Waals surface area contributed by atoms with Crippen LogP contribution < -0.4 is 15.5 Å². The summed E-state index contributed by atoms with van der Waals surface area (Å²) >= 11 is 0. The van der Waals surface area contributed by atoms with E-state index in [1.165, 1.54) is 6.21 Å². The zero-order chi connectivity index (χ0) is 22.9. The summed E-state index contributed by atoms with van der Waals surface area (Å²) in [4.78, 5) is 36.0. The molecule has 2 amide bonds. The Morgan fingerprint density at radius 1 is 0.812 bits per heavy atom. The molecule has 3 aromatic carbocycles. The highest BCUT2D eigenvalue weighted by Crippen LogP contribution is 2.14. The third-order valence-corrected chi connectivity index (χ3v) is 4.50. The molecule has 162 valence electrons. The number of carbonyl (C=O) groups excluding carboxylic acids is 3. The molecule has 0 heterocycles. The Balaban J connectivity index is 1.44. The van der Waals surface area contributed by atoms with Crippen LogP contribution in [0.2, 0.25) is 0 Å². The minimum absolute atomic E-state index is 0.196. The van der Waals surface area contributed by atoms with Crippen LogP contribution in [0.5, 0.6) is 5.75 Å². The van der Waals surface area contributed by atoms with Crippen molar-refractivity contribution >= 4 is 24.0 Å². The number of ether oxygens (including phenoxy) is 1. The largest absolute Gasteiger partial charge is 0.423 e. The number of benzene rings is 3. The zero-order valence-electron chi connectivity index (χ0n) is 17.8. The first-order valence-electron chi connectivity index (χ1n) is 9.96. The molecule has 0 fully saturated rings. The first-order chi connectivity index (χ1) is 15.4. The van der Waals surface area contributed by atoms with Crippen LogP contribution in [0.3, 0.4) is 0 Å². The molecule has 7 heteroatoms. The highest BCUT2D eigenvalue weighted by molar-refractivity contribution is 5.96. The molecule has 3 aromatic rings. The number of aryl methyl sites for hydroxylation is 2. The van der Waals surface area contributed by atoms with Crippen LogP contribution >= 0.6 is 0 Å². The van der Waals surface area contributed by atoms with Crippen molar-refractivity contribution in [1.82, 2.24) is 10.7 Å². The third kappa shape index (κ3) is 6.63. The molecule has 0 bridgehead atoms. The summed E-state index contributed by atoms with van der Waals surface area (Å²) in [6.07, 6.45) is 1.45. The zero-order valence-corrected chi connectivity index (χ0v) is 17.8. The molecular weight excluding hydrogens is 406 g/mol. The quantitative estimate of drug-likeness (QED) is 0.260. The van der Waals surface area contributed by atoms with Crippen LogP contribution in [-0.2, 0) is 4.79 Å². The van der Waals surface area contributed by atoms with E-state index in [-0.39, 0.29) is 12.5 Å². The normalized spacial score (nSPS) is 10.6. The number of hydrogen-bond donors (Lipinski definition) is 2. The maximum absolute atomic E-state index is 12.1. The van der Waals surface area contributed by atoms with Crippen molar-refractivity contribution in [3.05, 3.63) is 101 Å². The van der Waals surface area contributed by atoms with E-state index < -0.39 is 11.9 Å². The van der Waals surface area contributed by atoms with Gasteiger partial charge in [0.15, 0.2) is 0 Å². The third-order valence-electron chi connectivity index (χ3n) is 4.50. The van der Waals surface area contributed by atoms with Crippen LogP contribution in [0.25, 0.3) is 0 Å². The molecule has 0 aliphatic carbocycles. The van der Waals surface area contributed by atoms with Crippen LogP contribution in [0.4, 0.5) is 0 Å². The molecule has 7 nitrogen and oxygen atoms in total. The van der Waals surface area contributed by atoms with Gasteiger partial charge in [-0.2, -0.15) is 5.10 Å². The van der Waals surface area contributed by atoms with E-state index in [9.17, 15) is 14.4 Å². The van der Waals surface area contributed by atoms with Crippen LogP contribution in [0.1, 0.15) is 37.4 Å². The smallest absolute Gasteiger partial charge is 0.343 e. The summed E-state index contributed by atoms with van der Waals surface area (Å²) in [5.41, 5.74) is 6.11. The summed E-state index contributed by atoms with van der Waals surface area (Å²) in [6.45, 7) is 3.68. The van der Waals surface area contributed by atoms with Gasteiger partial charge >= 0.3 is 5.97 Å². The molecule has 0 aromatic heterocycles. The number of nitrogens with zero attached hydrogens (tertiary/aromatic N) is 1. The molecule has 0 saturated heterocycles. The first-order valence-corrected chi connectivity index (χ1v) is 9.96. The molecule has 2 N–H and O–H groups in total. The van der Waals surface area contributed by atoms with E-state index in [0.29, 0.717) is 22.4 Å². The van der Waals surface area contributed by atoms with Gasteiger partial charge < -0.3 is 10.1 Å². The van der Waals surface area contributed by atoms with E-state index in [4.69, 9.17) is 4.74 Å². The minimum atomic E-state index is -0.453. The molecule has 0 unspecified atom stereocenters. The van der Waals surface area contributed by atoms with Gasteiger partial charge in [0.25, 0.3) is 11.8 Å². The van der Waals surface area contributed by atoms with Crippen LogP contribution in [-0.4, -0.2) is 30.5 Å². The topological polar surface area (TPSA) is 96.9 Å². The van der Waals surface area contributed by atoms with Crippen molar-refractivity contribution in [3.8, 4) is 5.75 Å². The monoisotopic (exact) mass is 429 g/mol. The average Bonchev–Trinajstić information content (AvgIpc) is 2.79. The Morgan fingerprint density at radius 2 is 1.38 bits per heavy atom. The van der Waals surface area contributed by atoms with E-state index in [0.717, 1.165) is 11.1 Å². The number of rotatable bonds is 7. The second kappa shape index (κ2) is 10.7. The van der Waals surface area contributed by atoms with Gasteiger partial charge in [0.1, 0.15) is 5.75 Å². The van der Waals surface area contributed by atoms with Crippen molar-refractivity contribution in [2.24, 2.45) is 5.10 Å². The highest BCUT2D eigenvalue weighted by atomic mass is 16.5. The van der Waals surface area contributed by atoms with Gasteiger partial charge in [0.05, 0.1) is 18.3 Å². The van der Waals surface area contributed by atoms with Crippen molar-refractivity contribution in [1.29, 1.82) is 0 Å². The van der Waals surface area contributed by atoms with E-state index in [1.807, 2.05) is 38.1 Å². The Kier molecular flexibility index (Phi) is 7.48. The summed E-state index contributed by atoms with van der Waals surface area (Å²) in [6, 6.07) is 20.8. The van der Waals surface area contributed by atoms with E-state index in [1.54, 1.807) is 48.5 Å². The molecule has 0 spiro atoms. The van der Waals surface area contributed by atoms with Crippen LogP contribution in [0.15, 0.2) is 77.9 Å². The predicted octanol–water partition coefficient (Wildman–Crippen LogP) is 3.40.